The van der Waals surface area contributed by atoms with Crippen LogP contribution in [-0.2, 0) is 18.1 Å². The van der Waals surface area contributed by atoms with Gasteiger partial charge < -0.3 is 4.74 Å². The van der Waals surface area contributed by atoms with Gasteiger partial charge in [0.1, 0.15) is 6.73 Å². The number of nitrogens with zero attached hydrogens (tertiary/aromatic N) is 3. The van der Waals surface area contributed by atoms with Gasteiger partial charge >= 0.3 is 5.76 Å². The molecule has 6 heteroatoms. The first-order valence-electron chi connectivity index (χ1n) is 6.43. The SMILES string of the molecule is O=c1onc(-c2cccnc2)n1COCc1ccccc1. The maximum absolute atomic E-state index is 11.7. The summed E-state index contributed by atoms with van der Waals surface area (Å²) >= 11 is 0. The number of ether oxygens (including phenoxy) is 1. The normalized spacial score (nSPS) is 10.7. The van der Waals surface area contributed by atoms with Crippen molar-refractivity contribution in [3.05, 3.63) is 71.0 Å². The van der Waals surface area contributed by atoms with Gasteiger partial charge in [-0.2, -0.15) is 0 Å². The molecule has 0 amide bonds. The summed E-state index contributed by atoms with van der Waals surface area (Å²) in [5, 5.41) is 3.77. The molecule has 0 bridgehead atoms. The van der Waals surface area contributed by atoms with Gasteiger partial charge in [-0.1, -0.05) is 35.5 Å². The van der Waals surface area contributed by atoms with Gasteiger partial charge in [-0.3, -0.25) is 9.51 Å². The lowest BCUT2D eigenvalue weighted by molar-refractivity contribution is 0.0606. The molecule has 2 aromatic heterocycles. The third-order valence-corrected chi connectivity index (χ3v) is 2.94. The highest BCUT2D eigenvalue weighted by Gasteiger charge is 2.12. The molecule has 0 N–H and O–H groups in total. The van der Waals surface area contributed by atoms with Crippen LogP contribution >= 0.6 is 0 Å². The van der Waals surface area contributed by atoms with Crippen molar-refractivity contribution in [3.63, 3.8) is 0 Å². The largest absolute Gasteiger partial charge is 0.443 e. The molecule has 3 rings (SSSR count). The topological polar surface area (TPSA) is 70.2 Å². The minimum atomic E-state index is -0.554. The fourth-order valence-corrected chi connectivity index (χ4v) is 1.91. The molecule has 1 aromatic carbocycles. The van der Waals surface area contributed by atoms with Crippen LogP contribution in [0.25, 0.3) is 11.4 Å². The van der Waals surface area contributed by atoms with Crippen molar-refractivity contribution in [3.8, 4) is 11.4 Å². The van der Waals surface area contributed by atoms with Crippen molar-refractivity contribution < 1.29 is 9.26 Å². The molecule has 0 atom stereocenters. The number of hydrogen-bond acceptors (Lipinski definition) is 5. The molecule has 0 aliphatic heterocycles. The zero-order chi connectivity index (χ0) is 14.5. The van der Waals surface area contributed by atoms with Gasteiger partial charge in [0, 0.05) is 18.0 Å². The van der Waals surface area contributed by atoms with Gasteiger partial charge in [0.25, 0.3) is 0 Å². The van der Waals surface area contributed by atoms with Crippen LogP contribution < -0.4 is 5.76 Å². The first-order chi connectivity index (χ1) is 10.3. The molecule has 6 nitrogen and oxygen atoms in total. The Kier molecular flexibility index (Phi) is 3.88. The number of benzene rings is 1. The molecule has 21 heavy (non-hydrogen) atoms. The van der Waals surface area contributed by atoms with Crippen molar-refractivity contribution in [2.75, 3.05) is 0 Å². The predicted octanol–water partition coefficient (Wildman–Crippen LogP) is 2.07. The van der Waals surface area contributed by atoms with Gasteiger partial charge in [-0.15, -0.1) is 0 Å². The van der Waals surface area contributed by atoms with Gasteiger partial charge in [0.05, 0.1) is 6.61 Å². The molecule has 3 aromatic rings. The third-order valence-electron chi connectivity index (χ3n) is 2.94. The first-order valence-corrected chi connectivity index (χ1v) is 6.43. The molecule has 0 saturated carbocycles. The highest BCUT2D eigenvalue weighted by Crippen LogP contribution is 2.13. The Hall–Kier alpha value is -2.73. The summed E-state index contributed by atoms with van der Waals surface area (Å²) in [7, 11) is 0. The van der Waals surface area contributed by atoms with E-state index >= 15 is 0 Å². The Bertz CT molecular complexity index is 751. The molecular weight excluding hydrogens is 270 g/mol. The van der Waals surface area contributed by atoms with Crippen LogP contribution in [0, 0.1) is 0 Å². The van der Waals surface area contributed by atoms with Gasteiger partial charge in [0.15, 0.2) is 5.82 Å². The van der Waals surface area contributed by atoms with Crippen LogP contribution in [0.3, 0.4) is 0 Å². The molecule has 0 saturated heterocycles. The van der Waals surface area contributed by atoms with Crippen LogP contribution in [0.5, 0.6) is 0 Å². The summed E-state index contributed by atoms with van der Waals surface area (Å²) in [4.78, 5) is 15.7. The van der Waals surface area contributed by atoms with Crippen molar-refractivity contribution in [1.29, 1.82) is 0 Å². The minimum Gasteiger partial charge on any atom is -0.356 e. The highest BCUT2D eigenvalue weighted by molar-refractivity contribution is 5.52. The minimum absolute atomic E-state index is 0.0709. The standard InChI is InChI=1S/C15H13N3O3/c19-15-18(11-20-10-12-5-2-1-3-6-12)14(17-21-15)13-7-4-8-16-9-13/h1-9H,10-11H2. The average molecular weight is 283 g/mol. The Labute approximate surface area is 120 Å². The van der Waals surface area contributed by atoms with Crippen LogP contribution in [0.1, 0.15) is 5.56 Å². The average Bonchev–Trinajstić information content (AvgIpc) is 2.91. The van der Waals surface area contributed by atoms with Crippen molar-refractivity contribution in [1.82, 2.24) is 14.7 Å². The zero-order valence-corrected chi connectivity index (χ0v) is 11.2. The molecule has 0 radical (unpaired) electrons. The van der Waals surface area contributed by atoms with E-state index in [1.54, 1.807) is 24.5 Å². The van der Waals surface area contributed by atoms with E-state index < -0.39 is 5.76 Å². The summed E-state index contributed by atoms with van der Waals surface area (Å²) in [6, 6.07) is 13.3. The second-order valence-electron chi connectivity index (χ2n) is 4.40. The van der Waals surface area contributed by atoms with Crippen LogP contribution in [0.15, 0.2) is 64.2 Å². The molecule has 106 valence electrons. The van der Waals surface area contributed by atoms with E-state index in [2.05, 4.69) is 10.1 Å². The predicted molar refractivity (Wildman–Crippen MR) is 75.2 cm³/mol. The Morgan fingerprint density at radius 2 is 2.00 bits per heavy atom. The van der Waals surface area contributed by atoms with E-state index in [1.165, 1.54) is 4.57 Å². The summed E-state index contributed by atoms with van der Waals surface area (Å²) in [5.41, 5.74) is 1.73. The molecule has 0 spiro atoms. The summed E-state index contributed by atoms with van der Waals surface area (Å²) in [5.74, 6) is -0.150. The number of hydrogen-bond donors (Lipinski definition) is 0. The Morgan fingerprint density at radius 3 is 2.76 bits per heavy atom. The van der Waals surface area contributed by atoms with Gasteiger partial charge in [-0.05, 0) is 17.7 Å². The van der Waals surface area contributed by atoms with Crippen LogP contribution in [0.2, 0.25) is 0 Å². The van der Waals surface area contributed by atoms with Crippen molar-refractivity contribution in [2.45, 2.75) is 13.3 Å². The van der Waals surface area contributed by atoms with E-state index in [4.69, 9.17) is 9.26 Å². The van der Waals surface area contributed by atoms with E-state index in [0.29, 0.717) is 18.0 Å². The summed E-state index contributed by atoms with van der Waals surface area (Å²) in [6.07, 6.45) is 3.27. The second-order valence-corrected chi connectivity index (χ2v) is 4.40. The summed E-state index contributed by atoms with van der Waals surface area (Å²) in [6.45, 7) is 0.479. The first kappa shape index (κ1) is 13.3. The zero-order valence-electron chi connectivity index (χ0n) is 11.2. The van der Waals surface area contributed by atoms with Crippen LogP contribution in [-0.4, -0.2) is 14.7 Å². The van der Waals surface area contributed by atoms with Crippen molar-refractivity contribution >= 4 is 0 Å². The second kappa shape index (κ2) is 6.15. The Morgan fingerprint density at radius 1 is 1.14 bits per heavy atom. The number of pyridine rings is 1. The monoisotopic (exact) mass is 283 g/mol. The molecular formula is C15H13N3O3. The molecule has 0 aliphatic rings. The molecule has 0 unspecified atom stereocenters. The lowest BCUT2D eigenvalue weighted by atomic mass is 10.2. The summed E-state index contributed by atoms with van der Waals surface area (Å²) < 4.78 is 11.6. The van der Waals surface area contributed by atoms with Gasteiger partial charge in [0.2, 0.25) is 0 Å². The number of aromatic nitrogens is 3. The molecule has 0 fully saturated rings. The van der Waals surface area contributed by atoms with Crippen molar-refractivity contribution in [2.24, 2.45) is 0 Å². The maximum atomic E-state index is 11.7. The van der Waals surface area contributed by atoms with E-state index in [9.17, 15) is 4.79 Å². The van der Waals surface area contributed by atoms with Gasteiger partial charge in [-0.25, -0.2) is 9.36 Å². The third kappa shape index (κ3) is 3.06. The number of rotatable bonds is 5. The molecule has 2 heterocycles. The van der Waals surface area contributed by atoms with E-state index in [1.807, 2.05) is 30.3 Å². The lowest BCUT2D eigenvalue weighted by Gasteiger charge is -2.06. The van der Waals surface area contributed by atoms with E-state index in [0.717, 1.165) is 5.56 Å². The van der Waals surface area contributed by atoms with E-state index in [-0.39, 0.29) is 6.73 Å². The molecule has 0 aliphatic carbocycles. The maximum Gasteiger partial charge on any atom is 0.443 e. The highest BCUT2D eigenvalue weighted by atomic mass is 16.5. The van der Waals surface area contributed by atoms with Crippen LogP contribution in [0.4, 0.5) is 0 Å². The fraction of sp³-hybridized carbons (Fsp3) is 0.133. The fourth-order valence-electron chi connectivity index (χ4n) is 1.91. The quantitative estimate of drug-likeness (QED) is 0.717. The smallest absolute Gasteiger partial charge is 0.356 e. The Balaban J connectivity index is 1.74. The lowest BCUT2D eigenvalue weighted by Crippen LogP contribution is -2.17.